The topological polar surface area (TPSA) is 78.4 Å². The maximum atomic E-state index is 13.2. The number of rotatable bonds is 5. The fourth-order valence-electron chi connectivity index (χ4n) is 3.75. The average molecular weight is 425 g/mol. The summed E-state index contributed by atoms with van der Waals surface area (Å²) < 4.78 is 4.66. The lowest BCUT2D eigenvalue weighted by molar-refractivity contribution is 0.0965. The van der Waals surface area contributed by atoms with Crippen molar-refractivity contribution in [2.24, 2.45) is 5.92 Å². The van der Waals surface area contributed by atoms with Crippen molar-refractivity contribution in [1.29, 1.82) is 0 Å². The summed E-state index contributed by atoms with van der Waals surface area (Å²) in [5.74, 6) is 0.290. The quantitative estimate of drug-likeness (QED) is 0.461. The lowest BCUT2D eigenvalue weighted by Gasteiger charge is -2.09. The van der Waals surface area contributed by atoms with Gasteiger partial charge in [-0.15, -0.1) is 16.4 Å². The molecule has 0 fully saturated rings. The Labute approximate surface area is 177 Å². The number of aryl methyl sites for hydroxylation is 3. The van der Waals surface area contributed by atoms with Gasteiger partial charge in [-0.25, -0.2) is 13.9 Å². The van der Waals surface area contributed by atoms with Crippen molar-refractivity contribution >= 4 is 33.1 Å². The number of hydrogen-bond acceptors (Lipinski definition) is 5. The summed E-state index contributed by atoms with van der Waals surface area (Å²) in [6.07, 6.45) is 0. The molecule has 3 heterocycles. The van der Waals surface area contributed by atoms with E-state index in [1.165, 1.54) is 25.0 Å². The Kier molecular flexibility index (Phi) is 4.97. The molecule has 3 aromatic heterocycles. The highest BCUT2D eigenvalue weighted by Gasteiger charge is 2.21. The summed E-state index contributed by atoms with van der Waals surface area (Å²) in [4.78, 5) is 39.1. The second-order valence-electron chi connectivity index (χ2n) is 8.19. The largest absolute Gasteiger partial charge is 0.352 e. The first kappa shape index (κ1) is 20.3. The second kappa shape index (κ2) is 7.36. The van der Waals surface area contributed by atoms with Gasteiger partial charge < -0.3 is 0 Å². The molecule has 0 atom stereocenters. The zero-order valence-corrected chi connectivity index (χ0v) is 18.5. The van der Waals surface area contributed by atoms with Crippen molar-refractivity contribution in [3.63, 3.8) is 0 Å². The van der Waals surface area contributed by atoms with Crippen molar-refractivity contribution in [3.05, 3.63) is 66.7 Å². The maximum absolute atomic E-state index is 13.2. The van der Waals surface area contributed by atoms with E-state index in [1.807, 2.05) is 46.8 Å². The van der Waals surface area contributed by atoms with Gasteiger partial charge in [-0.3, -0.25) is 14.2 Å². The summed E-state index contributed by atoms with van der Waals surface area (Å²) >= 11 is 1.31. The molecule has 0 spiro atoms. The molecule has 8 heteroatoms. The summed E-state index contributed by atoms with van der Waals surface area (Å²) in [6, 6.07) is 5.58. The molecule has 0 saturated heterocycles. The van der Waals surface area contributed by atoms with Gasteiger partial charge in [-0.2, -0.15) is 0 Å². The number of aromatic nitrogens is 4. The number of nitrogens with zero attached hydrogens (tertiary/aromatic N) is 4. The number of fused-ring (bicyclic) bond motifs is 3. The highest BCUT2D eigenvalue weighted by Crippen LogP contribution is 2.19. The predicted molar refractivity (Wildman–Crippen MR) is 119 cm³/mol. The zero-order valence-electron chi connectivity index (χ0n) is 17.7. The molecule has 7 nitrogen and oxygen atoms in total. The molecule has 0 aliphatic heterocycles. The third-order valence-electron chi connectivity index (χ3n) is 5.37. The third kappa shape index (κ3) is 3.21. The highest BCUT2D eigenvalue weighted by molar-refractivity contribution is 7.17. The fourth-order valence-corrected chi connectivity index (χ4v) is 4.57. The van der Waals surface area contributed by atoms with Crippen LogP contribution in [0, 0.1) is 26.7 Å². The molecule has 0 aliphatic carbocycles. The van der Waals surface area contributed by atoms with Crippen LogP contribution in [0.15, 0.2) is 33.2 Å². The van der Waals surface area contributed by atoms with E-state index in [0.29, 0.717) is 22.3 Å². The molecule has 30 heavy (non-hydrogen) atoms. The monoisotopic (exact) mass is 424 g/mol. The van der Waals surface area contributed by atoms with Crippen LogP contribution in [0.5, 0.6) is 0 Å². The van der Waals surface area contributed by atoms with Gasteiger partial charge in [0.15, 0.2) is 5.78 Å². The molecule has 4 rings (SSSR count). The first-order valence-electron chi connectivity index (χ1n) is 9.89. The third-order valence-corrected chi connectivity index (χ3v) is 6.26. The van der Waals surface area contributed by atoms with Gasteiger partial charge in [0.25, 0.3) is 5.56 Å². The minimum atomic E-state index is -0.416. The lowest BCUT2D eigenvalue weighted by atomic mass is 9.98. The SMILES string of the molecule is Cc1cc(C)c(C(=O)Cn2nc3n(CC(C)C)c(=O)c4sccc4n3c2=O)cc1C. The van der Waals surface area contributed by atoms with Gasteiger partial charge in [0.05, 0.1) is 5.52 Å². The molecule has 0 aliphatic rings. The molecule has 1 aromatic carbocycles. The van der Waals surface area contributed by atoms with Crippen LogP contribution in [0.4, 0.5) is 0 Å². The zero-order chi connectivity index (χ0) is 21.7. The molecule has 156 valence electrons. The summed E-state index contributed by atoms with van der Waals surface area (Å²) in [5, 5.41) is 6.20. The van der Waals surface area contributed by atoms with Crippen molar-refractivity contribution in [1.82, 2.24) is 18.7 Å². The average Bonchev–Trinajstić information content (AvgIpc) is 3.27. The first-order chi connectivity index (χ1) is 14.2. The molecule has 4 aromatic rings. The number of benzene rings is 1. The molecule has 0 bridgehead atoms. The number of carbonyl (C=O) groups is 1. The lowest BCUT2D eigenvalue weighted by Crippen LogP contribution is -2.28. The molecule has 0 unspecified atom stereocenters. The van der Waals surface area contributed by atoms with Crippen molar-refractivity contribution in [2.45, 2.75) is 47.7 Å². The predicted octanol–water partition coefficient (Wildman–Crippen LogP) is 3.34. The van der Waals surface area contributed by atoms with E-state index in [0.717, 1.165) is 16.7 Å². The maximum Gasteiger partial charge on any atom is 0.352 e. The van der Waals surface area contributed by atoms with Crippen molar-refractivity contribution in [2.75, 3.05) is 0 Å². The molecule has 0 saturated carbocycles. The summed E-state index contributed by atoms with van der Waals surface area (Å²) in [6.45, 7) is 10.1. The smallest absolute Gasteiger partial charge is 0.292 e. The number of hydrogen-bond donors (Lipinski definition) is 0. The molecular formula is C22H24N4O3S. The van der Waals surface area contributed by atoms with Gasteiger partial charge >= 0.3 is 5.69 Å². The van der Waals surface area contributed by atoms with E-state index in [9.17, 15) is 14.4 Å². The van der Waals surface area contributed by atoms with E-state index < -0.39 is 5.69 Å². The van der Waals surface area contributed by atoms with E-state index in [1.54, 1.807) is 11.4 Å². The standard InChI is InChI=1S/C22H24N4O3S/c1-12(2)10-24-20(28)19-17(6-7-30-19)26-21(24)23-25(22(26)29)11-18(27)16-9-14(4)13(3)8-15(16)5/h6-9,12H,10-11H2,1-5H3. The van der Waals surface area contributed by atoms with Crippen LogP contribution >= 0.6 is 11.3 Å². The Morgan fingerprint density at radius 2 is 1.80 bits per heavy atom. The Balaban J connectivity index is 1.88. The number of thiophene rings is 1. The van der Waals surface area contributed by atoms with Crippen LogP contribution in [0.2, 0.25) is 0 Å². The van der Waals surface area contributed by atoms with Crippen LogP contribution in [-0.4, -0.2) is 24.5 Å². The number of Topliss-reactive ketones (excluding diaryl/α,β-unsaturated/α-hetero) is 1. The van der Waals surface area contributed by atoms with Gasteiger partial charge in [-0.1, -0.05) is 19.9 Å². The normalized spacial score (nSPS) is 11.8. The van der Waals surface area contributed by atoms with Crippen molar-refractivity contribution in [3.8, 4) is 0 Å². The van der Waals surface area contributed by atoms with Crippen LogP contribution in [-0.2, 0) is 13.1 Å². The number of ketones is 1. The van der Waals surface area contributed by atoms with E-state index in [2.05, 4.69) is 5.10 Å². The Morgan fingerprint density at radius 3 is 2.50 bits per heavy atom. The van der Waals surface area contributed by atoms with Crippen LogP contribution in [0.1, 0.15) is 40.9 Å². The van der Waals surface area contributed by atoms with Crippen LogP contribution in [0.3, 0.4) is 0 Å². The van der Waals surface area contributed by atoms with Gasteiger partial charge in [-0.05, 0) is 60.9 Å². The van der Waals surface area contributed by atoms with Gasteiger partial charge in [0, 0.05) is 12.1 Å². The second-order valence-corrected chi connectivity index (χ2v) is 9.11. The highest BCUT2D eigenvalue weighted by atomic mass is 32.1. The van der Waals surface area contributed by atoms with Gasteiger partial charge in [0.1, 0.15) is 11.2 Å². The first-order valence-corrected chi connectivity index (χ1v) is 10.8. The van der Waals surface area contributed by atoms with E-state index in [-0.39, 0.29) is 29.6 Å². The van der Waals surface area contributed by atoms with Gasteiger partial charge in [0.2, 0.25) is 5.78 Å². The molecular weight excluding hydrogens is 400 g/mol. The molecule has 0 N–H and O–H groups in total. The number of carbonyl (C=O) groups excluding carboxylic acids is 1. The Morgan fingerprint density at radius 1 is 1.10 bits per heavy atom. The van der Waals surface area contributed by atoms with Crippen LogP contribution in [0.25, 0.3) is 16.0 Å². The molecule has 0 amide bonds. The van der Waals surface area contributed by atoms with Crippen LogP contribution < -0.4 is 11.2 Å². The Bertz CT molecular complexity index is 1420. The van der Waals surface area contributed by atoms with E-state index >= 15 is 0 Å². The summed E-state index contributed by atoms with van der Waals surface area (Å²) in [5.41, 5.74) is 3.56. The summed E-state index contributed by atoms with van der Waals surface area (Å²) in [7, 11) is 0. The molecule has 0 radical (unpaired) electrons. The minimum Gasteiger partial charge on any atom is -0.292 e. The fraction of sp³-hybridized carbons (Fsp3) is 0.364. The minimum absolute atomic E-state index is 0.158. The van der Waals surface area contributed by atoms with Crippen molar-refractivity contribution < 1.29 is 4.79 Å². The Hall–Kier alpha value is -3.00. The van der Waals surface area contributed by atoms with E-state index in [4.69, 9.17) is 0 Å².